The molecule has 105 valence electrons. The monoisotopic (exact) mass is 282 g/mol. The second-order valence-corrected chi connectivity index (χ2v) is 4.73. The zero-order valence-corrected chi connectivity index (χ0v) is 11.3. The largest absolute Gasteiger partial charge is 0.425 e. The second-order valence-electron chi connectivity index (χ2n) is 4.73. The molecule has 0 fully saturated rings. The van der Waals surface area contributed by atoms with Crippen molar-refractivity contribution in [2.45, 2.75) is 13.0 Å². The van der Waals surface area contributed by atoms with Gasteiger partial charge < -0.3 is 14.9 Å². The standard InChI is InChI=1S/C16H12NO4/c1-9(17)15(18)20-10-6-7-11-12-4-2-3-5-14(12)21-16(19)13(11)8-10/h2,4-9H,17H2,1H3/t9-/m1/s1. The maximum Gasteiger partial charge on any atom is 0.344 e. The molecule has 5 nitrogen and oxygen atoms in total. The molecule has 2 N–H and O–H groups in total. The fourth-order valence-electron chi connectivity index (χ4n) is 2.08. The van der Waals surface area contributed by atoms with Gasteiger partial charge in [0.2, 0.25) is 0 Å². The molecular formula is C16H12NO4. The molecule has 0 amide bonds. The lowest BCUT2D eigenvalue weighted by Gasteiger charge is -2.08. The Hall–Kier alpha value is -2.66. The minimum Gasteiger partial charge on any atom is -0.425 e. The number of hydrogen-bond acceptors (Lipinski definition) is 5. The first-order chi connectivity index (χ1) is 10.1. The number of nitrogens with two attached hydrogens (primary N) is 1. The Bertz CT molecular complexity index is 896. The van der Waals surface area contributed by atoms with Crippen LogP contribution in [0.5, 0.6) is 5.75 Å². The van der Waals surface area contributed by atoms with E-state index in [9.17, 15) is 9.59 Å². The molecule has 5 heteroatoms. The van der Waals surface area contributed by atoms with Crippen LogP contribution >= 0.6 is 0 Å². The van der Waals surface area contributed by atoms with Gasteiger partial charge in [-0.1, -0.05) is 6.07 Å². The van der Waals surface area contributed by atoms with Gasteiger partial charge in [-0.3, -0.25) is 0 Å². The first-order valence-corrected chi connectivity index (χ1v) is 6.40. The molecule has 2 aromatic carbocycles. The van der Waals surface area contributed by atoms with E-state index >= 15 is 0 Å². The molecule has 0 aliphatic carbocycles. The zero-order chi connectivity index (χ0) is 15.0. The van der Waals surface area contributed by atoms with Crippen LogP contribution in [0.4, 0.5) is 0 Å². The number of fused-ring (bicyclic) bond motifs is 3. The minimum absolute atomic E-state index is 0.263. The van der Waals surface area contributed by atoms with E-state index in [2.05, 4.69) is 6.07 Å². The molecule has 0 bridgehead atoms. The Morgan fingerprint density at radius 2 is 2.10 bits per heavy atom. The van der Waals surface area contributed by atoms with Crippen LogP contribution < -0.4 is 16.1 Å². The van der Waals surface area contributed by atoms with Gasteiger partial charge in [0.05, 0.1) is 5.39 Å². The van der Waals surface area contributed by atoms with E-state index in [0.29, 0.717) is 11.0 Å². The predicted octanol–water partition coefficient (Wildman–Crippen LogP) is 2.00. The van der Waals surface area contributed by atoms with Crippen LogP contribution in [0.25, 0.3) is 21.7 Å². The Kier molecular flexibility index (Phi) is 3.19. The molecule has 0 saturated heterocycles. The summed E-state index contributed by atoms with van der Waals surface area (Å²) in [7, 11) is 0. The van der Waals surface area contributed by atoms with E-state index in [1.54, 1.807) is 24.3 Å². The van der Waals surface area contributed by atoms with Crippen LogP contribution in [0.3, 0.4) is 0 Å². The van der Waals surface area contributed by atoms with Gasteiger partial charge in [-0.15, -0.1) is 0 Å². The van der Waals surface area contributed by atoms with Crippen LogP contribution in [-0.2, 0) is 4.79 Å². The number of ether oxygens (including phenoxy) is 1. The smallest absolute Gasteiger partial charge is 0.344 e. The summed E-state index contributed by atoms with van der Waals surface area (Å²) in [6.45, 7) is 1.53. The first-order valence-electron chi connectivity index (χ1n) is 6.40. The van der Waals surface area contributed by atoms with Crippen LogP contribution in [0.2, 0.25) is 0 Å². The Balaban J connectivity index is 2.18. The van der Waals surface area contributed by atoms with Gasteiger partial charge in [0, 0.05) is 10.8 Å². The molecule has 1 heterocycles. The number of esters is 1. The van der Waals surface area contributed by atoms with Crippen molar-refractivity contribution in [1.29, 1.82) is 0 Å². The lowest BCUT2D eigenvalue weighted by Crippen LogP contribution is -2.30. The highest BCUT2D eigenvalue weighted by molar-refractivity contribution is 6.04. The van der Waals surface area contributed by atoms with Gasteiger partial charge in [0.25, 0.3) is 0 Å². The van der Waals surface area contributed by atoms with E-state index in [-0.39, 0.29) is 5.75 Å². The molecule has 21 heavy (non-hydrogen) atoms. The van der Waals surface area contributed by atoms with E-state index in [0.717, 1.165) is 10.8 Å². The number of hydrogen-bond donors (Lipinski definition) is 1. The molecule has 0 spiro atoms. The minimum atomic E-state index is -0.732. The third-order valence-electron chi connectivity index (χ3n) is 3.12. The van der Waals surface area contributed by atoms with Crippen molar-refractivity contribution in [2.24, 2.45) is 5.73 Å². The summed E-state index contributed by atoms with van der Waals surface area (Å²) in [6.07, 6.45) is 0. The van der Waals surface area contributed by atoms with Gasteiger partial charge in [-0.2, -0.15) is 0 Å². The second kappa shape index (κ2) is 5.03. The number of benzene rings is 2. The van der Waals surface area contributed by atoms with Gasteiger partial charge in [-0.25, -0.2) is 9.59 Å². The molecule has 0 aliphatic rings. The maximum absolute atomic E-state index is 12.0. The Labute approximate surface area is 119 Å². The summed E-state index contributed by atoms with van der Waals surface area (Å²) in [6, 6.07) is 12.1. The van der Waals surface area contributed by atoms with Crippen LogP contribution in [0.15, 0.2) is 45.6 Å². The Morgan fingerprint density at radius 3 is 2.86 bits per heavy atom. The molecule has 0 saturated carbocycles. The maximum atomic E-state index is 12.0. The average molecular weight is 282 g/mol. The fourth-order valence-corrected chi connectivity index (χ4v) is 2.08. The van der Waals surface area contributed by atoms with Crippen LogP contribution in [0, 0.1) is 6.07 Å². The van der Waals surface area contributed by atoms with E-state index in [1.165, 1.54) is 13.0 Å². The summed E-state index contributed by atoms with van der Waals surface area (Å²) < 4.78 is 10.3. The molecule has 3 rings (SSSR count). The highest BCUT2D eigenvalue weighted by Crippen LogP contribution is 2.25. The topological polar surface area (TPSA) is 82.5 Å². The molecule has 1 radical (unpaired) electrons. The number of carbonyl (C=O) groups excluding carboxylic acids is 1. The molecule has 0 unspecified atom stereocenters. The molecule has 0 aliphatic heterocycles. The van der Waals surface area contributed by atoms with Crippen molar-refractivity contribution in [2.75, 3.05) is 0 Å². The van der Waals surface area contributed by atoms with Gasteiger partial charge in [0.1, 0.15) is 17.4 Å². The van der Waals surface area contributed by atoms with Crippen molar-refractivity contribution in [3.05, 3.63) is 52.9 Å². The van der Waals surface area contributed by atoms with Crippen molar-refractivity contribution in [3.8, 4) is 5.75 Å². The van der Waals surface area contributed by atoms with Crippen molar-refractivity contribution in [1.82, 2.24) is 0 Å². The Morgan fingerprint density at radius 1 is 1.29 bits per heavy atom. The van der Waals surface area contributed by atoms with Crippen LogP contribution in [0.1, 0.15) is 6.92 Å². The molecule has 1 atom stereocenters. The highest BCUT2D eigenvalue weighted by atomic mass is 16.5. The van der Waals surface area contributed by atoms with Gasteiger partial charge in [-0.05, 0) is 43.3 Å². The SMILES string of the molecule is C[C@@H](N)C(=O)Oc1ccc2c(c1)c(=O)oc1c[c]ccc12. The molecular weight excluding hydrogens is 270 g/mol. The molecule has 3 aromatic rings. The third-order valence-corrected chi connectivity index (χ3v) is 3.12. The van der Waals surface area contributed by atoms with Crippen molar-refractivity contribution in [3.63, 3.8) is 0 Å². The van der Waals surface area contributed by atoms with Crippen LogP contribution in [-0.4, -0.2) is 12.0 Å². The molecule has 1 aromatic heterocycles. The third kappa shape index (κ3) is 2.39. The summed E-state index contributed by atoms with van der Waals surface area (Å²) in [5.41, 5.74) is 5.42. The lowest BCUT2D eigenvalue weighted by molar-refractivity contribution is -0.135. The normalized spacial score (nSPS) is 12.5. The summed E-state index contributed by atoms with van der Waals surface area (Å²) >= 11 is 0. The summed E-state index contributed by atoms with van der Waals surface area (Å²) in [5.74, 6) is -0.298. The van der Waals surface area contributed by atoms with Crippen molar-refractivity contribution < 1.29 is 13.9 Å². The summed E-state index contributed by atoms with van der Waals surface area (Å²) in [5, 5.41) is 1.88. The van der Waals surface area contributed by atoms with E-state index in [4.69, 9.17) is 14.9 Å². The van der Waals surface area contributed by atoms with Gasteiger partial charge >= 0.3 is 11.6 Å². The van der Waals surface area contributed by atoms with Gasteiger partial charge in [0.15, 0.2) is 0 Å². The first kappa shape index (κ1) is 13.3. The van der Waals surface area contributed by atoms with Crippen molar-refractivity contribution >= 4 is 27.7 Å². The number of rotatable bonds is 2. The van der Waals surface area contributed by atoms with E-state index < -0.39 is 17.6 Å². The van der Waals surface area contributed by atoms with E-state index in [1.807, 2.05) is 6.07 Å². The highest BCUT2D eigenvalue weighted by Gasteiger charge is 2.12. The lowest BCUT2D eigenvalue weighted by atomic mass is 10.1. The summed E-state index contributed by atoms with van der Waals surface area (Å²) in [4.78, 5) is 23.5. The number of carbonyl (C=O) groups is 1. The predicted molar refractivity (Wildman–Crippen MR) is 78.1 cm³/mol. The average Bonchev–Trinajstić information content (AvgIpc) is 2.47. The fraction of sp³-hybridized carbons (Fsp3) is 0.125. The quantitative estimate of drug-likeness (QED) is 0.336. The zero-order valence-electron chi connectivity index (χ0n) is 11.3.